The number of hydrogen-bond donors (Lipinski definition) is 1. The Labute approximate surface area is 203 Å². The van der Waals surface area contributed by atoms with Gasteiger partial charge in [-0.25, -0.2) is 0 Å². The standard InChI is InChI=1S/C27H21F5N2O2/c1-16-10-11-21(17(2)12-16)26(28,29)15-34-25(35)24-20-8-3-4-9-22(20)33-14-23(24)36-19-7-5-6-18(13-19)27(30,31)32/h3-14H,15H2,1-2H3,(H,34,35). The lowest BCUT2D eigenvalue weighted by molar-refractivity contribution is -0.137. The van der Waals surface area contributed by atoms with E-state index in [2.05, 4.69) is 10.3 Å². The van der Waals surface area contributed by atoms with Crippen molar-refractivity contribution in [3.63, 3.8) is 0 Å². The average Bonchev–Trinajstić information content (AvgIpc) is 2.82. The van der Waals surface area contributed by atoms with Crippen LogP contribution in [0, 0.1) is 13.8 Å². The number of aromatic nitrogens is 1. The molecule has 4 aromatic rings. The molecule has 0 aliphatic rings. The molecule has 0 aliphatic carbocycles. The van der Waals surface area contributed by atoms with Crippen LogP contribution in [0.5, 0.6) is 11.5 Å². The van der Waals surface area contributed by atoms with E-state index in [9.17, 15) is 26.7 Å². The lowest BCUT2D eigenvalue weighted by Crippen LogP contribution is -2.35. The van der Waals surface area contributed by atoms with Gasteiger partial charge in [0, 0.05) is 10.9 Å². The number of benzene rings is 3. The number of alkyl halides is 5. The fourth-order valence-corrected chi connectivity index (χ4v) is 3.90. The summed E-state index contributed by atoms with van der Waals surface area (Å²) in [6.45, 7) is 2.36. The zero-order valence-corrected chi connectivity index (χ0v) is 19.3. The number of fused-ring (bicyclic) bond motifs is 1. The van der Waals surface area contributed by atoms with Gasteiger partial charge >= 0.3 is 6.18 Å². The van der Waals surface area contributed by atoms with E-state index in [4.69, 9.17) is 4.74 Å². The minimum atomic E-state index is -4.60. The second-order valence-electron chi connectivity index (χ2n) is 8.35. The summed E-state index contributed by atoms with van der Waals surface area (Å²) in [7, 11) is 0. The maximum absolute atomic E-state index is 15.0. The smallest absolute Gasteiger partial charge is 0.416 e. The highest BCUT2D eigenvalue weighted by atomic mass is 19.4. The van der Waals surface area contributed by atoms with Gasteiger partial charge < -0.3 is 10.1 Å². The Morgan fingerprint density at radius 3 is 2.42 bits per heavy atom. The summed E-state index contributed by atoms with van der Waals surface area (Å²) in [6, 6.07) is 15.1. The number of aryl methyl sites for hydroxylation is 2. The third-order valence-corrected chi connectivity index (χ3v) is 5.60. The van der Waals surface area contributed by atoms with Gasteiger partial charge in [-0.2, -0.15) is 22.0 Å². The fourth-order valence-electron chi connectivity index (χ4n) is 3.90. The minimum absolute atomic E-state index is 0.116. The molecule has 0 unspecified atom stereocenters. The van der Waals surface area contributed by atoms with E-state index in [1.54, 1.807) is 50.2 Å². The molecule has 0 saturated carbocycles. The first kappa shape index (κ1) is 25.1. The van der Waals surface area contributed by atoms with Crippen LogP contribution in [0.1, 0.15) is 32.6 Å². The molecule has 0 saturated heterocycles. The van der Waals surface area contributed by atoms with Crippen LogP contribution in [0.25, 0.3) is 10.9 Å². The predicted molar refractivity (Wildman–Crippen MR) is 125 cm³/mol. The molecule has 3 aromatic carbocycles. The molecule has 1 amide bonds. The van der Waals surface area contributed by atoms with Crippen LogP contribution in [0.2, 0.25) is 0 Å². The molecule has 9 heteroatoms. The molecular formula is C27H21F5N2O2. The van der Waals surface area contributed by atoms with Crippen molar-refractivity contribution >= 4 is 16.8 Å². The number of amides is 1. The lowest BCUT2D eigenvalue weighted by Gasteiger charge is -2.21. The van der Waals surface area contributed by atoms with Crippen molar-refractivity contribution < 1.29 is 31.5 Å². The fraction of sp³-hybridized carbons (Fsp3) is 0.185. The zero-order valence-electron chi connectivity index (χ0n) is 19.3. The predicted octanol–water partition coefficient (Wildman–Crippen LogP) is 7.18. The first-order valence-corrected chi connectivity index (χ1v) is 10.9. The van der Waals surface area contributed by atoms with Gasteiger partial charge in [0.2, 0.25) is 0 Å². The van der Waals surface area contributed by atoms with Gasteiger partial charge in [0.1, 0.15) is 5.75 Å². The monoisotopic (exact) mass is 500 g/mol. The molecule has 0 bridgehead atoms. The molecule has 1 aromatic heterocycles. The first-order chi connectivity index (χ1) is 17.0. The second kappa shape index (κ2) is 9.56. The summed E-state index contributed by atoms with van der Waals surface area (Å²) >= 11 is 0. The number of halogens is 5. The van der Waals surface area contributed by atoms with Crippen LogP contribution in [0.4, 0.5) is 22.0 Å². The molecule has 0 radical (unpaired) electrons. The van der Waals surface area contributed by atoms with E-state index in [1.165, 1.54) is 18.3 Å². The quantitative estimate of drug-likeness (QED) is 0.285. The number of hydrogen-bond acceptors (Lipinski definition) is 3. The van der Waals surface area contributed by atoms with E-state index < -0.39 is 30.1 Å². The SMILES string of the molecule is Cc1ccc(C(F)(F)CNC(=O)c2c(Oc3cccc(C(F)(F)F)c3)cnc3ccccc23)c(C)c1. The zero-order chi connectivity index (χ0) is 26.1. The van der Waals surface area contributed by atoms with Crippen LogP contribution in [0.3, 0.4) is 0 Å². The highest BCUT2D eigenvalue weighted by Crippen LogP contribution is 2.35. The molecule has 4 rings (SSSR count). The van der Waals surface area contributed by atoms with Crippen molar-refractivity contribution in [3.05, 3.63) is 101 Å². The van der Waals surface area contributed by atoms with Crippen LogP contribution >= 0.6 is 0 Å². The van der Waals surface area contributed by atoms with Gasteiger partial charge in [0.05, 0.1) is 29.4 Å². The topological polar surface area (TPSA) is 51.2 Å². The summed E-state index contributed by atoms with van der Waals surface area (Å²) in [5, 5.41) is 2.56. The Hall–Kier alpha value is -4.01. The van der Waals surface area contributed by atoms with E-state index in [1.807, 2.05) is 0 Å². The van der Waals surface area contributed by atoms with Crippen molar-refractivity contribution in [3.8, 4) is 11.5 Å². The van der Waals surface area contributed by atoms with Gasteiger partial charge in [-0.05, 0) is 43.7 Å². The highest BCUT2D eigenvalue weighted by Gasteiger charge is 2.34. The number of para-hydroxylation sites is 1. The molecule has 186 valence electrons. The Morgan fingerprint density at radius 2 is 1.69 bits per heavy atom. The summed E-state index contributed by atoms with van der Waals surface area (Å²) < 4.78 is 74.9. The number of carbonyl (C=O) groups excluding carboxylic acids is 1. The van der Waals surface area contributed by atoms with Gasteiger partial charge in [-0.15, -0.1) is 0 Å². The molecule has 1 N–H and O–H groups in total. The van der Waals surface area contributed by atoms with Gasteiger partial charge in [-0.1, -0.05) is 48.0 Å². The minimum Gasteiger partial charge on any atom is -0.455 e. The highest BCUT2D eigenvalue weighted by molar-refractivity contribution is 6.08. The van der Waals surface area contributed by atoms with Gasteiger partial charge in [0.15, 0.2) is 5.75 Å². The van der Waals surface area contributed by atoms with E-state index in [0.29, 0.717) is 16.5 Å². The molecule has 0 fully saturated rings. The Morgan fingerprint density at radius 1 is 0.944 bits per heavy atom. The molecule has 36 heavy (non-hydrogen) atoms. The van der Waals surface area contributed by atoms with Crippen LogP contribution in [-0.2, 0) is 12.1 Å². The molecule has 0 spiro atoms. The Kier molecular flexibility index (Phi) is 6.67. The van der Waals surface area contributed by atoms with Crippen molar-refractivity contribution in [2.24, 2.45) is 0 Å². The number of rotatable bonds is 6. The van der Waals surface area contributed by atoms with Gasteiger partial charge in [-0.3, -0.25) is 9.78 Å². The Bertz CT molecular complexity index is 1430. The van der Waals surface area contributed by atoms with Crippen molar-refractivity contribution in [1.29, 1.82) is 0 Å². The molecule has 1 heterocycles. The summed E-state index contributed by atoms with van der Waals surface area (Å²) in [5.74, 6) is -4.59. The van der Waals surface area contributed by atoms with E-state index in [0.717, 1.165) is 23.8 Å². The van der Waals surface area contributed by atoms with Crippen molar-refractivity contribution in [1.82, 2.24) is 10.3 Å². The van der Waals surface area contributed by atoms with Crippen LogP contribution in [-0.4, -0.2) is 17.4 Å². The second-order valence-corrected chi connectivity index (χ2v) is 8.35. The molecule has 0 aliphatic heterocycles. The first-order valence-electron chi connectivity index (χ1n) is 10.9. The van der Waals surface area contributed by atoms with Crippen LogP contribution in [0.15, 0.2) is 72.9 Å². The summed E-state index contributed by atoms with van der Waals surface area (Å²) in [5.41, 5.74) is 0.337. The number of pyridine rings is 1. The third kappa shape index (κ3) is 5.30. The number of carbonyl (C=O) groups is 1. The molecular weight excluding hydrogens is 479 g/mol. The van der Waals surface area contributed by atoms with Gasteiger partial charge in [0.25, 0.3) is 11.8 Å². The molecule has 4 nitrogen and oxygen atoms in total. The molecule has 0 atom stereocenters. The number of nitrogens with one attached hydrogen (secondary N) is 1. The largest absolute Gasteiger partial charge is 0.455 e. The van der Waals surface area contributed by atoms with E-state index in [-0.39, 0.29) is 22.6 Å². The third-order valence-electron chi connectivity index (χ3n) is 5.60. The van der Waals surface area contributed by atoms with Crippen LogP contribution < -0.4 is 10.1 Å². The van der Waals surface area contributed by atoms with E-state index >= 15 is 0 Å². The van der Waals surface area contributed by atoms with Crippen molar-refractivity contribution in [2.75, 3.05) is 6.54 Å². The summed E-state index contributed by atoms with van der Waals surface area (Å²) in [4.78, 5) is 17.4. The Balaban J connectivity index is 1.67. The lowest BCUT2D eigenvalue weighted by atomic mass is 10.00. The summed E-state index contributed by atoms with van der Waals surface area (Å²) in [6.07, 6.45) is -3.42. The normalized spacial score (nSPS) is 12.0. The maximum Gasteiger partial charge on any atom is 0.416 e. The average molecular weight is 500 g/mol. The van der Waals surface area contributed by atoms with Crippen molar-refractivity contribution in [2.45, 2.75) is 25.9 Å². The maximum atomic E-state index is 15.0. The number of nitrogens with zero attached hydrogens (tertiary/aromatic N) is 1. The number of ether oxygens (including phenoxy) is 1.